The number of hydrogen-bond acceptors (Lipinski definition) is 4. The summed E-state index contributed by atoms with van der Waals surface area (Å²) < 4.78 is 32.5. The average Bonchev–Trinajstić information content (AvgIpc) is 2.92. The number of nitrogens with one attached hydrogen (secondary N) is 2. The second-order valence-corrected chi connectivity index (χ2v) is 4.94. The number of aliphatic hydroxyl groups excluding tert-OH is 1. The average molecular weight is 311 g/mol. The fourth-order valence-electron chi connectivity index (χ4n) is 2.17. The summed E-state index contributed by atoms with van der Waals surface area (Å²) in [5.41, 5.74) is 0.863. The topological polar surface area (TPSA) is 70.2 Å². The van der Waals surface area contributed by atoms with Crippen molar-refractivity contribution in [2.24, 2.45) is 0 Å². The lowest BCUT2D eigenvalue weighted by Crippen LogP contribution is -2.23. The van der Waals surface area contributed by atoms with Crippen molar-refractivity contribution >= 4 is 0 Å². The number of hydrogen-bond donors (Lipinski definition) is 3. The molecule has 2 rings (SSSR count). The number of methoxy groups -OCH3 is 1. The molecule has 0 bridgehead atoms. The summed E-state index contributed by atoms with van der Waals surface area (Å²) in [6, 6.07) is 3.73. The maximum absolute atomic E-state index is 13.8. The van der Waals surface area contributed by atoms with Crippen LogP contribution in [0.1, 0.15) is 12.0 Å². The van der Waals surface area contributed by atoms with Gasteiger partial charge in [-0.1, -0.05) is 6.07 Å². The fraction of sp³-hybridized carbons (Fsp3) is 0.400. The third-order valence-corrected chi connectivity index (χ3v) is 3.26. The summed E-state index contributed by atoms with van der Waals surface area (Å²) in [7, 11) is 1.53. The Labute approximate surface area is 127 Å². The van der Waals surface area contributed by atoms with Crippen LogP contribution in [0.2, 0.25) is 0 Å². The Morgan fingerprint density at radius 3 is 2.77 bits per heavy atom. The fourth-order valence-corrected chi connectivity index (χ4v) is 2.17. The third kappa shape index (κ3) is 4.09. The molecule has 1 aromatic carbocycles. The van der Waals surface area contributed by atoms with Gasteiger partial charge in [0.25, 0.3) is 0 Å². The lowest BCUT2D eigenvalue weighted by Gasteiger charge is -2.10. The zero-order chi connectivity index (χ0) is 15.9. The second kappa shape index (κ2) is 7.98. The molecule has 5 nitrogen and oxygen atoms in total. The van der Waals surface area contributed by atoms with Crippen LogP contribution < -0.4 is 5.32 Å². The van der Waals surface area contributed by atoms with Gasteiger partial charge in [-0.2, -0.15) is 5.10 Å². The largest absolute Gasteiger partial charge is 0.391 e. The van der Waals surface area contributed by atoms with Crippen molar-refractivity contribution in [3.63, 3.8) is 0 Å². The first-order chi connectivity index (χ1) is 10.6. The van der Waals surface area contributed by atoms with E-state index in [0.717, 1.165) is 0 Å². The van der Waals surface area contributed by atoms with Crippen LogP contribution in [0, 0.1) is 11.6 Å². The number of ether oxygens (including phenoxy) is 1. The van der Waals surface area contributed by atoms with Crippen LogP contribution in [-0.4, -0.2) is 41.7 Å². The molecule has 120 valence electrons. The Balaban J connectivity index is 1.99. The molecule has 1 aromatic heterocycles. The molecule has 7 heteroatoms. The minimum absolute atomic E-state index is 0.115. The number of benzene rings is 1. The molecule has 0 aliphatic heterocycles. The van der Waals surface area contributed by atoms with Crippen molar-refractivity contribution < 1.29 is 18.6 Å². The first kappa shape index (κ1) is 16.5. The minimum atomic E-state index is -0.638. The van der Waals surface area contributed by atoms with E-state index < -0.39 is 17.7 Å². The van der Waals surface area contributed by atoms with Gasteiger partial charge in [-0.05, 0) is 25.1 Å². The van der Waals surface area contributed by atoms with E-state index in [-0.39, 0.29) is 12.2 Å². The van der Waals surface area contributed by atoms with Crippen molar-refractivity contribution in [1.29, 1.82) is 0 Å². The lowest BCUT2D eigenvalue weighted by atomic mass is 10.1. The minimum Gasteiger partial charge on any atom is -0.391 e. The molecule has 1 atom stereocenters. The summed E-state index contributed by atoms with van der Waals surface area (Å²) in [6.45, 7) is 1.22. The van der Waals surface area contributed by atoms with Crippen LogP contribution in [0.5, 0.6) is 0 Å². The van der Waals surface area contributed by atoms with E-state index in [1.165, 1.54) is 31.5 Å². The van der Waals surface area contributed by atoms with Gasteiger partial charge < -0.3 is 15.2 Å². The highest BCUT2D eigenvalue weighted by Crippen LogP contribution is 2.26. The van der Waals surface area contributed by atoms with E-state index in [2.05, 4.69) is 15.5 Å². The van der Waals surface area contributed by atoms with Gasteiger partial charge in [-0.15, -0.1) is 0 Å². The highest BCUT2D eigenvalue weighted by molar-refractivity contribution is 5.64. The summed E-state index contributed by atoms with van der Waals surface area (Å²) in [5.74, 6) is -1.28. The van der Waals surface area contributed by atoms with Crippen LogP contribution in [0.3, 0.4) is 0 Å². The molecule has 0 fully saturated rings. The molecule has 2 aromatic rings. The van der Waals surface area contributed by atoms with Crippen molar-refractivity contribution in [2.75, 3.05) is 20.3 Å². The molecule has 1 heterocycles. The normalized spacial score (nSPS) is 12.5. The van der Waals surface area contributed by atoms with Crippen molar-refractivity contribution in [2.45, 2.75) is 19.1 Å². The summed E-state index contributed by atoms with van der Waals surface area (Å²) in [5, 5.41) is 19.1. The lowest BCUT2D eigenvalue weighted by molar-refractivity contribution is 0.0594. The molecule has 0 amide bonds. The number of H-pyrrole nitrogens is 1. The molecular formula is C15H19F2N3O2. The quantitative estimate of drug-likeness (QED) is 0.651. The predicted molar refractivity (Wildman–Crippen MR) is 78.1 cm³/mol. The Bertz CT molecular complexity index is 584. The Morgan fingerprint density at radius 2 is 2.09 bits per heavy atom. The molecule has 0 aliphatic carbocycles. The summed E-state index contributed by atoms with van der Waals surface area (Å²) in [4.78, 5) is 0. The van der Waals surface area contributed by atoms with E-state index in [1.54, 1.807) is 0 Å². The van der Waals surface area contributed by atoms with Crippen molar-refractivity contribution in [1.82, 2.24) is 15.5 Å². The third-order valence-electron chi connectivity index (χ3n) is 3.26. The van der Waals surface area contributed by atoms with Crippen molar-refractivity contribution in [3.05, 3.63) is 41.6 Å². The van der Waals surface area contributed by atoms with Gasteiger partial charge in [0.15, 0.2) is 0 Å². The van der Waals surface area contributed by atoms with E-state index in [1.807, 2.05) is 0 Å². The van der Waals surface area contributed by atoms with Crippen LogP contribution in [-0.2, 0) is 11.3 Å². The number of halogens is 2. The molecule has 3 N–H and O–H groups in total. The SMILES string of the molecule is COCC(O)CCNCc1cn[nH]c1-c1c(F)cccc1F. The highest BCUT2D eigenvalue weighted by Gasteiger charge is 2.16. The van der Waals surface area contributed by atoms with E-state index in [4.69, 9.17) is 4.74 Å². The predicted octanol–water partition coefficient (Wildman–Crippen LogP) is 1.84. The van der Waals surface area contributed by atoms with Gasteiger partial charge in [-0.25, -0.2) is 8.78 Å². The molecule has 0 saturated heterocycles. The van der Waals surface area contributed by atoms with Gasteiger partial charge in [0, 0.05) is 19.2 Å². The van der Waals surface area contributed by atoms with Crippen LogP contribution in [0.4, 0.5) is 8.78 Å². The first-order valence-electron chi connectivity index (χ1n) is 6.97. The van der Waals surface area contributed by atoms with Gasteiger partial charge in [-0.3, -0.25) is 5.10 Å². The van der Waals surface area contributed by atoms with Gasteiger partial charge in [0.1, 0.15) is 11.6 Å². The maximum Gasteiger partial charge on any atom is 0.135 e. The van der Waals surface area contributed by atoms with Crippen molar-refractivity contribution in [3.8, 4) is 11.3 Å². The summed E-state index contributed by atoms with van der Waals surface area (Å²) >= 11 is 0. The molecule has 0 aliphatic rings. The molecule has 0 radical (unpaired) electrons. The van der Waals surface area contributed by atoms with E-state index in [9.17, 15) is 13.9 Å². The zero-order valence-corrected chi connectivity index (χ0v) is 12.3. The molecular weight excluding hydrogens is 292 g/mol. The Kier molecular flexibility index (Phi) is 6.00. The van der Waals surface area contributed by atoms with Gasteiger partial charge in [0.05, 0.1) is 30.2 Å². The van der Waals surface area contributed by atoms with Crippen LogP contribution in [0.15, 0.2) is 24.4 Å². The smallest absolute Gasteiger partial charge is 0.135 e. The standard InChI is InChI=1S/C15H19F2N3O2/c1-22-9-11(21)5-6-18-7-10-8-19-20-15(10)14-12(16)3-2-4-13(14)17/h2-4,8,11,18,21H,5-7,9H2,1H3,(H,19,20). The number of rotatable bonds is 8. The Hall–Kier alpha value is -1.83. The van der Waals surface area contributed by atoms with Gasteiger partial charge in [0.2, 0.25) is 0 Å². The molecule has 0 saturated carbocycles. The van der Waals surface area contributed by atoms with Crippen LogP contribution in [0.25, 0.3) is 11.3 Å². The highest BCUT2D eigenvalue weighted by atomic mass is 19.1. The number of nitrogens with zero attached hydrogens (tertiary/aromatic N) is 1. The molecule has 1 unspecified atom stereocenters. The van der Waals surface area contributed by atoms with Gasteiger partial charge >= 0.3 is 0 Å². The maximum atomic E-state index is 13.8. The number of aliphatic hydroxyl groups is 1. The van der Waals surface area contributed by atoms with Crippen LogP contribution >= 0.6 is 0 Å². The molecule has 22 heavy (non-hydrogen) atoms. The second-order valence-electron chi connectivity index (χ2n) is 4.94. The zero-order valence-electron chi connectivity index (χ0n) is 12.3. The number of aromatic amines is 1. The summed E-state index contributed by atoms with van der Waals surface area (Å²) in [6.07, 6.45) is 1.51. The van der Waals surface area contributed by atoms with E-state index >= 15 is 0 Å². The van der Waals surface area contributed by atoms with E-state index in [0.29, 0.717) is 30.8 Å². The first-order valence-corrected chi connectivity index (χ1v) is 6.97. The Morgan fingerprint density at radius 1 is 1.36 bits per heavy atom. The monoisotopic (exact) mass is 311 g/mol. The molecule has 0 spiro atoms. The number of aromatic nitrogens is 2.